The van der Waals surface area contributed by atoms with E-state index in [4.69, 9.17) is 5.11 Å². The zero-order valence-corrected chi connectivity index (χ0v) is 19.7. The molecule has 0 aliphatic heterocycles. The average Bonchev–Trinajstić information content (AvgIpc) is 3.01. The molecule has 4 fully saturated rings. The number of ketones is 3. The zero-order valence-electron chi connectivity index (χ0n) is 18.2. The number of carboxylic acid groups (broad SMARTS) is 1. The van der Waals surface area contributed by atoms with Crippen LogP contribution in [0.4, 0.5) is 0 Å². The van der Waals surface area contributed by atoms with E-state index in [1.54, 1.807) is 0 Å². The monoisotopic (exact) mass is 509 g/mol. The number of hydrogen-bond acceptors (Lipinski definition) is 4. The van der Waals surface area contributed by atoms with Crippen LogP contribution in [0.15, 0.2) is 0 Å². The predicted molar refractivity (Wildman–Crippen MR) is 107 cm³/mol. The fourth-order valence-corrected chi connectivity index (χ4v) is 7.94. The fourth-order valence-electron chi connectivity index (χ4n) is 7.94. The van der Waals surface area contributed by atoms with Crippen LogP contribution in [-0.2, 0) is 41.6 Å². The van der Waals surface area contributed by atoms with Crippen molar-refractivity contribution in [1.29, 1.82) is 0 Å². The van der Waals surface area contributed by atoms with Gasteiger partial charge in [0.1, 0.15) is 17.3 Å². The maximum atomic E-state index is 13.6. The van der Waals surface area contributed by atoms with Gasteiger partial charge in [-0.3, -0.25) is 19.2 Å². The van der Waals surface area contributed by atoms with Gasteiger partial charge in [-0.05, 0) is 60.7 Å². The molecule has 0 aromatic rings. The SMILES string of the molecule is CC(CCC(=O)O)C1CCC2C3C(=O)CC4CC(=O)CC[C@]4(C)C3CC(=O)[C@]12C.[Ag]. The maximum absolute atomic E-state index is 13.6. The first kappa shape index (κ1) is 23.9. The van der Waals surface area contributed by atoms with Crippen molar-refractivity contribution in [3.8, 4) is 0 Å². The first-order valence-electron chi connectivity index (χ1n) is 11.4. The molecule has 30 heavy (non-hydrogen) atoms. The molecule has 6 unspecified atom stereocenters. The second-order valence-corrected chi connectivity index (χ2v) is 10.9. The Hall–Kier alpha value is -0.780. The maximum Gasteiger partial charge on any atom is 0.303 e. The van der Waals surface area contributed by atoms with Crippen LogP contribution in [0.25, 0.3) is 0 Å². The predicted octanol–water partition coefficient (Wildman–Crippen LogP) is 4.07. The van der Waals surface area contributed by atoms with Crippen LogP contribution in [0.1, 0.15) is 78.6 Å². The molecule has 0 bridgehead atoms. The minimum absolute atomic E-state index is 0. The van der Waals surface area contributed by atoms with Gasteiger partial charge in [0.15, 0.2) is 0 Å². The van der Waals surface area contributed by atoms with Crippen LogP contribution in [0, 0.1) is 46.3 Å². The smallest absolute Gasteiger partial charge is 0.303 e. The Morgan fingerprint density at radius 1 is 1.10 bits per heavy atom. The van der Waals surface area contributed by atoms with Crippen molar-refractivity contribution in [1.82, 2.24) is 0 Å². The molecule has 1 N–H and O–H groups in total. The van der Waals surface area contributed by atoms with Crippen LogP contribution in [0.2, 0.25) is 0 Å². The normalized spacial score (nSPS) is 43.8. The van der Waals surface area contributed by atoms with Gasteiger partial charge in [0.05, 0.1) is 0 Å². The molecule has 4 rings (SSSR count). The van der Waals surface area contributed by atoms with E-state index in [0.29, 0.717) is 32.1 Å². The molecular weight excluding hydrogens is 476 g/mol. The van der Waals surface area contributed by atoms with E-state index in [2.05, 4.69) is 20.8 Å². The number of carboxylic acids is 1. The van der Waals surface area contributed by atoms with Gasteiger partial charge in [-0.2, -0.15) is 0 Å². The molecule has 6 heteroatoms. The number of hydrogen-bond donors (Lipinski definition) is 1. The molecule has 4 aliphatic carbocycles. The van der Waals surface area contributed by atoms with E-state index in [-0.39, 0.29) is 87.1 Å². The second-order valence-electron chi connectivity index (χ2n) is 10.9. The van der Waals surface area contributed by atoms with E-state index in [9.17, 15) is 19.2 Å². The topological polar surface area (TPSA) is 88.5 Å². The average molecular weight is 510 g/mol. The number of fused-ring (bicyclic) bond motifs is 5. The van der Waals surface area contributed by atoms with Gasteiger partial charge in [0, 0.05) is 65.8 Å². The van der Waals surface area contributed by atoms with Gasteiger partial charge < -0.3 is 5.11 Å². The third-order valence-electron chi connectivity index (χ3n) is 9.72. The molecule has 1 radical (unpaired) electrons. The summed E-state index contributed by atoms with van der Waals surface area (Å²) >= 11 is 0. The van der Waals surface area contributed by atoms with Gasteiger partial charge in [-0.25, -0.2) is 0 Å². The Balaban J connectivity index is 0.00000256. The largest absolute Gasteiger partial charge is 0.481 e. The fraction of sp³-hybridized carbons (Fsp3) is 0.833. The van der Waals surface area contributed by atoms with E-state index in [0.717, 1.165) is 19.3 Å². The van der Waals surface area contributed by atoms with Crippen molar-refractivity contribution in [2.75, 3.05) is 0 Å². The van der Waals surface area contributed by atoms with Gasteiger partial charge in [0.2, 0.25) is 0 Å². The molecule has 4 saturated carbocycles. The summed E-state index contributed by atoms with van der Waals surface area (Å²) in [7, 11) is 0. The Bertz CT molecular complexity index is 763. The summed E-state index contributed by atoms with van der Waals surface area (Å²) in [4.78, 5) is 50.0. The van der Waals surface area contributed by atoms with Crippen LogP contribution in [0.3, 0.4) is 0 Å². The quantitative estimate of drug-likeness (QED) is 0.577. The van der Waals surface area contributed by atoms with Crippen molar-refractivity contribution >= 4 is 23.3 Å². The summed E-state index contributed by atoms with van der Waals surface area (Å²) in [6.07, 6.45) is 5.33. The molecule has 0 saturated heterocycles. The number of aliphatic carboxylic acids is 1. The molecule has 0 amide bonds. The number of rotatable bonds is 4. The molecule has 4 aliphatic rings. The minimum Gasteiger partial charge on any atom is -0.481 e. The van der Waals surface area contributed by atoms with Crippen LogP contribution in [0.5, 0.6) is 0 Å². The first-order chi connectivity index (χ1) is 13.6. The summed E-state index contributed by atoms with van der Waals surface area (Å²) < 4.78 is 0. The molecule has 171 valence electrons. The third-order valence-corrected chi connectivity index (χ3v) is 9.72. The zero-order chi connectivity index (χ0) is 21.1. The van der Waals surface area contributed by atoms with Crippen molar-refractivity contribution in [2.24, 2.45) is 46.3 Å². The van der Waals surface area contributed by atoms with E-state index in [1.165, 1.54) is 0 Å². The number of carbonyl (C=O) groups excluding carboxylic acids is 3. The standard InChI is InChI=1S/C24H34O5.Ag/c1-13(4-7-21(28)29)16-5-6-17-22-18(12-20(27)24(16,17)3)23(2)9-8-15(25)10-14(23)11-19(22)26;/h13-14,16-18,22H,4-12H2,1-3H3,(H,28,29);/t13?,14?,16?,17?,18?,22?,23-,24+;/m0./s1. The van der Waals surface area contributed by atoms with Gasteiger partial charge in [-0.15, -0.1) is 0 Å². The number of Topliss-reactive ketones (excluding diaryl/α,β-unsaturated/α-hetero) is 3. The summed E-state index contributed by atoms with van der Waals surface area (Å²) in [5, 5.41) is 9.06. The molecule has 0 aromatic carbocycles. The minimum atomic E-state index is -0.792. The van der Waals surface area contributed by atoms with Crippen LogP contribution >= 0.6 is 0 Å². The van der Waals surface area contributed by atoms with E-state index >= 15 is 0 Å². The van der Waals surface area contributed by atoms with E-state index in [1.807, 2.05) is 0 Å². The third kappa shape index (κ3) is 3.49. The van der Waals surface area contributed by atoms with Crippen molar-refractivity contribution in [2.45, 2.75) is 78.6 Å². The Kier molecular flexibility index (Phi) is 6.60. The van der Waals surface area contributed by atoms with Gasteiger partial charge in [0.25, 0.3) is 0 Å². The summed E-state index contributed by atoms with van der Waals surface area (Å²) in [5.41, 5.74) is -0.598. The second kappa shape index (κ2) is 8.29. The van der Waals surface area contributed by atoms with Crippen molar-refractivity contribution in [3.05, 3.63) is 0 Å². The molecule has 5 nitrogen and oxygen atoms in total. The van der Waals surface area contributed by atoms with E-state index < -0.39 is 11.4 Å². The van der Waals surface area contributed by atoms with Crippen molar-refractivity contribution in [3.63, 3.8) is 0 Å². The van der Waals surface area contributed by atoms with Crippen molar-refractivity contribution < 1.29 is 46.7 Å². The number of carbonyl (C=O) groups is 4. The Morgan fingerprint density at radius 3 is 2.47 bits per heavy atom. The van der Waals surface area contributed by atoms with Crippen LogP contribution in [-0.4, -0.2) is 28.4 Å². The molecule has 8 atom stereocenters. The van der Waals surface area contributed by atoms with Gasteiger partial charge >= 0.3 is 5.97 Å². The Morgan fingerprint density at radius 2 is 1.80 bits per heavy atom. The molecule has 0 heterocycles. The first-order valence-corrected chi connectivity index (χ1v) is 11.4. The molecule has 0 spiro atoms. The summed E-state index contributed by atoms with van der Waals surface area (Å²) in [6, 6.07) is 0. The van der Waals surface area contributed by atoms with Crippen LogP contribution < -0.4 is 0 Å². The summed E-state index contributed by atoms with van der Waals surface area (Å²) in [6.45, 7) is 6.37. The Labute approximate surface area is 194 Å². The van der Waals surface area contributed by atoms with Gasteiger partial charge in [-0.1, -0.05) is 20.8 Å². The summed E-state index contributed by atoms with van der Waals surface area (Å²) in [5.74, 6) is 0.524. The molecular formula is C24H34AgO5. The molecule has 0 aromatic heterocycles.